The second kappa shape index (κ2) is 7.31. The van der Waals surface area contributed by atoms with Gasteiger partial charge in [0.25, 0.3) is 0 Å². The fraction of sp³-hybridized carbons (Fsp3) is 0.684. The van der Waals surface area contributed by atoms with Gasteiger partial charge in [0.2, 0.25) is 0 Å². The third-order valence-corrected chi connectivity index (χ3v) is 5.13. The minimum Gasteiger partial charge on any atom is -0.493 e. The molecule has 2 saturated carbocycles. The third-order valence-electron chi connectivity index (χ3n) is 5.13. The third kappa shape index (κ3) is 4.74. The van der Waals surface area contributed by atoms with E-state index in [-0.39, 0.29) is 0 Å². The minimum atomic E-state index is 0.409. The molecule has 2 N–H and O–H groups in total. The molecule has 0 saturated heterocycles. The van der Waals surface area contributed by atoms with Crippen molar-refractivity contribution in [2.45, 2.75) is 63.8 Å². The van der Waals surface area contributed by atoms with Crippen LogP contribution in [0.5, 0.6) is 5.75 Å². The van der Waals surface area contributed by atoms with Crippen molar-refractivity contribution >= 4 is 0 Å². The number of nitrogens with two attached hydrogens (primary N) is 1. The molecule has 0 radical (unpaired) electrons. The van der Waals surface area contributed by atoms with E-state index >= 15 is 0 Å². The first-order valence-corrected chi connectivity index (χ1v) is 8.78. The highest BCUT2D eigenvalue weighted by Gasteiger charge is 2.27. The van der Waals surface area contributed by atoms with Crippen LogP contribution in [0.1, 0.15) is 56.9 Å². The van der Waals surface area contributed by atoms with Crippen LogP contribution in [0, 0.1) is 11.8 Å². The lowest BCUT2D eigenvalue weighted by molar-refractivity contribution is 0.209. The lowest BCUT2D eigenvalue weighted by Crippen LogP contribution is -2.22. The lowest BCUT2D eigenvalue weighted by Gasteiger charge is -2.21. The first-order valence-electron chi connectivity index (χ1n) is 8.78. The summed E-state index contributed by atoms with van der Waals surface area (Å²) in [5.74, 6) is 2.61. The molecule has 0 amide bonds. The lowest BCUT2D eigenvalue weighted by atomic mass is 9.90. The van der Waals surface area contributed by atoms with Gasteiger partial charge < -0.3 is 10.5 Å². The van der Waals surface area contributed by atoms with Gasteiger partial charge >= 0.3 is 0 Å². The highest BCUT2D eigenvalue weighted by molar-refractivity contribution is 5.27. The fourth-order valence-corrected chi connectivity index (χ4v) is 3.41. The van der Waals surface area contributed by atoms with Crippen LogP contribution in [-0.2, 0) is 6.42 Å². The molecule has 0 spiro atoms. The van der Waals surface area contributed by atoms with Gasteiger partial charge in [-0.15, -0.1) is 0 Å². The molecule has 1 aromatic carbocycles. The van der Waals surface area contributed by atoms with Crippen LogP contribution < -0.4 is 10.5 Å². The van der Waals surface area contributed by atoms with Gasteiger partial charge in [-0.1, -0.05) is 31.4 Å². The standard InChI is InChI=1S/C19H29NO/c20-19(17-9-10-17)13-8-15-6-11-18(12-7-15)21-14-16-4-2-1-3-5-16/h6-7,11-12,16-17,19H,1-5,8-10,13-14,20H2. The molecule has 0 bridgehead atoms. The molecule has 21 heavy (non-hydrogen) atoms. The Balaban J connectivity index is 1.40. The maximum atomic E-state index is 6.16. The van der Waals surface area contributed by atoms with Gasteiger partial charge in [-0.25, -0.2) is 0 Å². The molecule has 2 fully saturated rings. The van der Waals surface area contributed by atoms with Gasteiger partial charge in [0, 0.05) is 6.04 Å². The van der Waals surface area contributed by atoms with E-state index in [1.165, 1.54) is 50.5 Å². The van der Waals surface area contributed by atoms with Gasteiger partial charge in [0.05, 0.1) is 6.61 Å². The number of hydrogen-bond acceptors (Lipinski definition) is 2. The molecule has 1 unspecified atom stereocenters. The molecule has 0 aromatic heterocycles. The zero-order valence-electron chi connectivity index (χ0n) is 13.1. The van der Waals surface area contributed by atoms with Crippen LogP contribution in [0.3, 0.4) is 0 Å². The Bertz CT molecular complexity index is 418. The average molecular weight is 287 g/mol. The predicted octanol–water partition coefficient (Wildman–Crippen LogP) is 4.32. The summed E-state index contributed by atoms with van der Waals surface area (Å²) in [7, 11) is 0. The second-order valence-electron chi connectivity index (χ2n) is 7.00. The van der Waals surface area contributed by atoms with E-state index < -0.39 is 0 Å². The number of aryl methyl sites for hydroxylation is 1. The fourth-order valence-electron chi connectivity index (χ4n) is 3.41. The molecular formula is C19H29NO. The van der Waals surface area contributed by atoms with E-state index in [1.54, 1.807) is 0 Å². The zero-order valence-corrected chi connectivity index (χ0v) is 13.1. The van der Waals surface area contributed by atoms with Crippen LogP contribution in [-0.4, -0.2) is 12.6 Å². The molecular weight excluding hydrogens is 258 g/mol. The van der Waals surface area contributed by atoms with Crippen molar-refractivity contribution in [1.29, 1.82) is 0 Å². The van der Waals surface area contributed by atoms with Gasteiger partial charge in [-0.2, -0.15) is 0 Å². The van der Waals surface area contributed by atoms with Gasteiger partial charge in [-0.3, -0.25) is 0 Å². The topological polar surface area (TPSA) is 35.2 Å². The summed E-state index contributed by atoms with van der Waals surface area (Å²) in [5.41, 5.74) is 7.55. The highest BCUT2D eigenvalue weighted by atomic mass is 16.5. The first-order chi connectivity index (χ1) is 10.3. The Morgan fingerprint density at radius 3 is 2.38 bits per heavy atom. The summed E-state index contributed by atoms with van der Waals surface area (Å²) in [6, 6.07) is 9.07. The van der Waals surface area contributed by atoms with Crippen LogP contribution in [0.2, 0.25) is 0 Å². The minimum absolute atomic E-state index is 0.409. The van der Waals surface area contributed by atoms with Crippen molar-refractivity contribution in [3.05, 3.63) is 29.8 Å². The molecule has 1 atom stereocenters. The van der Waals surface area contributed by atoms with Crippen molar-refractivity contribution in [3.8, 4) is 5.75 Å². The summed E-state index contributed by atoms with van der Waals surface area (Å²) in [6.07, 6.45) is 11.8. The van der Waals surface area contributed by atoms with E-state index in [4.69, 9.17) is 10.5 Å². The normalized spacial score (nSPS) is 21.2. The molecule has 2 aliphatic carbocycles. The molecule has 2 heteroatoms. The second-order valence-corrected chi connectivity index (χ2v) is 7.00. The van der Waals surface area contributed by atoms with E-state index in [0.717, 1.165) is 37.0 Å². The Morgan fingerprint density at radius 1 is 1.00 bits per heavy atom. The van der Waals surface area contributed by atoms with Crippen LogP contribution in [0.4, 0.5) is 0 Å². The Kier molecular flexibility index (Phi) is 5.18. The number of ether oxygens (including phenoxy) is 1. The first kappa shape index (κ1) is 14.9. The van der Waals surface area contributed by atoms with Crippen LogP contribution >= 0.6 is 0 Å². The van der Waals surface area contributed by atoms with E-state index in [9.17, 15) is 0 Å². The summed E-state index contributed by atoms with van der Waals surface area (Å²) in [5, 5.41) is 0. The van der Waals surface area contributed by atoms with Crippen molar-refractivity contribution in [1.82, 2.24) is 0 Å². The van der Waals surface area contributed by atoms with Crippen LogP contribution in [0.15, 0.2) is 24.3 Å². The SMILES string of the molecule is NC(CCc1ccc(OCC2CCCCC2)cc1)C1CC1. The quantitative estimate of drug-likeness (QED) is 0.810. The maximum Gasteiger partial charge on any atom is 0.119 e. The Labute approximate surface area is 129 Å². The summed E-state index contributed by atoms with van der Waals surface area (Å²) in [6.45, 7) is 0.895. The predicted molar refractivity (Wildman–Crippen MR) is 87.5 cm³/mol. The smallest absolute Gasteiger partial charge is 0.119 e. The summed E-state index contributed by atoms with van der Waals surface area (Å²) >= 11 is 0. The molecule has 116 valence electrons. The van der Waals surface area contributed by atoms with Gasteiger partial charge in [0.1, 0.15) is 5.75 Å². The summed E-state index contributed by atoms with van der Waals surface area (Å²) < 4.78 is 5.95. The molecule has 0 aliphatic heterocycles. The van der Waals surface area contributed by atoms with E-state index in [0.29, 0.717) is 6.04 Å². The van der Waals surface area contributed by atoms with E-state index in [1.807, 2.05) is 0 Å². The van der Waals surface area contributed by atoms with Crippen molar-refractivity contribution in [2.75, 3.05) is 6.61 Å². The Morgan fingerprint density at radius 2 is 1.71 bits per heavy atom. The molecule has 1 aromatic rings. The molecule has 0 heterocycles. The summed E-state index contributed by atoms with van der Waals surface area (Å²) in [4.78, 5) is 0. The highest BCUT2D eigenvalue weighted by Crippen LogP contribution is 2.33. The average Bonchev–Trinajstić information content (AvgIpc) is 3.37. The molecule has 2 nitrogen and oxygen atoms in total. The van der Waals surface area contributed by atoms with Crippen molar-refractivity contribution in [3.63, 3.8) is 0 Å². The molecule has 3 rings (SSSR count). The van der Waals surface area contributed by atoms with Gasteiger partial charge in [0.15, 0.2) is 0 Å². The number of rotatable bonds is 7. The Hall–Kier alpha value is -1.02. The monoisotopic (exact) mass is 287 g/mol. The number of hydrogen-bond donors (Lipinski definition) is 1. The molecule has 2 aliphatic rings. The van der Waals surface area contributed by atoms with Crippen molar-refractivity contribution in [2.24, 2.45) is 17.6 Å². The zero-order chi connectivity index (χ0) is 14.5. The largest absolute Gasteiger partial charge is 0.493 e. The van der Waals surface area contributed by atoms with Gasteiger partial charge in [-0.05, 0) is 68.1 Å². The van der Waals surface area contributed by atoms with Crippen LogP contribution in [0.25, 0.3) is 0 Å². The number of benzene rings is 1. The van der Waals surface area contributed by atoms with E-state index in [2.05, 4.69) is 24.3 Å². The van der Waals surface area contributed by atoms with Crippen molar-refractivity contribution < 1.29 is 4.74 Å². The maximum absolute atomic E-state index is 6.16.